The summed E-state index contributed by atoms with van der Waals surface area (Å²) in [5.41, 5.74) is 14.2. The van der Waals surface area contributed by atoms with E-state index in [9.17, 15) is 9.70 Å². The van der Waals surface area contributed by atoms with Crippen molar-refractivity contribution in [2.24, 2.45) is 10.7 Å². The second-order valence-corrected chi connectivity index (χ2v) is 8.42. The molecule has 2 aliphatic rings. The van der Waals surface area contributed by atoms with Crippen LogP contribution in [0, 0.1) is 4.91 Å². The summed E-state index contributed by atoms with van der Waals surface area (Å²) in [6.07, 6.45) is -0.0895. The van der Waals surface area contributed by atoms with E-state index in [2.05, 4.69) is 21.2 Å². The summed E-state index contributed by atoms with van der Waals surface area (Å²) in [5.74, 6) is 0.852. The molecule has 11 heteroatoms. The number of ether oxygens (including phenoxy) is 2. The lowest BCUT2D eigenvalue weighted by molar-refractivity contribution is -0.736. The molecule has 11 nitrogen and oxygen atoms in total. The molecule has 0 radical (unpaired) electrons. The molecule has 1 atom stereocenters. The minimum Gasteiger partial charge on any atom is -0.487 e. The van der Waals surface area contributed by atoms with E-state index in [0.717, 1.165) is 5.56 Å². The molecule has 1 unspecified atom stereocenters. The Balaban J connectivity index is 1.67. The number of hydrogen-bond acceptors (Lipinski definition) is 9. The zero-order valence-electron chi connectivity index (χ0n) is 20.7. The van der Waals surface area contributed by atoms with Crippen LogP contribution in [0.25, 0.3) is 0 Å². The molecule has 2 heterocycles. The van der Waals surface area contributed by atoms with Crippen LogP contribution in [-0.2, 0) is 9.63 Å². The Hall–Kier alpha value is -4.80. The molecule has 192 valence electrons. The lowest BCUT2D eigenvalue weighted by Crippen LogP contribution is -2.37. The van der Waals surface area contributed by atoms with Gasteiger partial charge in [0.05, 0.1) is 11.0 Å². The quantitative estimate of drug-likeness (QED) is 0.356. The first-order valence-electron chi connectivity index (χ1n) is 11.6. The highest BCUT2D eigenvalue weighted by atomic mass is 16.8. The maximum absolute atomic E-state index is 13.5. The topological polar surface area (TPSA) is 139 Å². The highest BCUT2D eigenvalue weighted by Crippen LogP contribution is 2.33. The zero-order valence-corrected chi connectivity index (χ0v) is 20.7. The van der Waals surface area contributed by atoms with Crippen molar-refractivity contribution in [3.63, 3.8) is 0 Å². The number of amidine groups is 1. The van der Waals surface area contributed by atoms with Crippen LogP contribution in [0.15, 0.2) is 71.7 Å². The number of benzene rings is 3. The van der Waals surface area contributed by atoms with Crippen LogP contribution in [0.2, 0.25) is 0 Å². The normalized spacial score (nSPS) is 16.0. The molecule has 0 saturated carbocycles. The third-order valence-electron chi connectivity index (χ3n) is 5.46. The van der Waals surface area contributed by atoms with Gasteiger partial charge in [-0.15, -0.1) is 0 Å². The molecular formula is C26H29N6O5+. The van der Waals surface area contributed by atoms with E-state index in [4.69, 9.17) is 20.0 Å². The largest absolute Gasteiger partial charge is 0.487 e. The first-order valence-corrected chi connectivity index (χ1v) is 11.6. The van der Waals surface area contributed by atoms with E-state index >= 15 is 0 Å². The molecule has 0 aromatic heterocycles. The monoisotopic (exact) mass is 505 g/mol. The van der Waals surface area contributed by atoms with Crippen molar-refractivity contribution in [1.29, 1.82) is 0 Å². The molecule has 4 bridgehead atoms. The van der Waals surface area contributed by atoms with Crippen LogP contribution in [0.4, 0.5) is 17.1 Å². The van der Waals surface area contributed by atoms with E-state index in [1.807, 2.05) is 26.0 Å². The summed E-state index contributed by atoms with van der Waals surface area (Å²) < 4.78 is 11.8. The van der Waals surface area contributed by atoms with Crippen molar-refractivity contribution >= 4 is 28.8 Å². The molecule has 0 aliphatic carbocycles. The Kier molecular flexibility index (Phi) is 7.72. The molecule has 2 aliphatic heterocycles. The van der Waals surface area contributed by atoms with Crippen molar-refractivity contribution in [3.05, 3.63) is 82.8 Å². The Labute approximate surface area is 214 Å². The summed E-state index contributed by atoms with van der Waals surface area (Å²) in [6.45, 7) is 3.79. The van der Waals surface area contributed by atoms with Crippen LogP contribution in [0.5, 0.6) is 11.5 Å². The predicted molar refractivity (Wildman–Crippen MR) is 140 cm³/mol. The Morgan fingerprint density at radius 2 is 1.92 bits per heavy atom. The smallest absolute Gasteiger partial charge is 0.341 e. The van der Waals surface area contributed by atoms with Gasteiger partial charge in [0.15, 0.2) is 25.3 Å². The number of amides is 1. The van der Waals surface area contributed by atoms with Gasteiger partial charge in [-0.3, -0.25) is 15.6 Å². The van der Waals surface area contributed by atoms with Crippen molar-refractivity contribution in [2.75, 3.05) is 24.6 Å². The maximum atomic E-state index is 13.5. The van der Waals surface area contributed by atoms with Crippen LogP contribution < -0.4 is 31.4 Å². The molecule has 5 rings (SSSR count). The molecule has 5 N–H and O–H groups in total. The summed E-state index contributed by atoms with van der Waals surface area (Å²) >= 11 is 0. The number of nitrogens with two attached hydrogens (primary N) is 1. The third kappa shape index (κ3) is 6.07. The van der Waals surface area contributed by atoms with E-state index in [0.29, 0.717) is 39.2 Å². The summed E-state index contributed by atoms with van der Waals surface area (Å²) in [6, 6.07) is 18.3. The first kappa shape index (κ1) is 25.3. The predicted octanol–water partition coefficient (Wildman–Crippen LogP) is 3.80. The number of carbonyl (C=O) groups is 1. The third-order valence-corrected chi connectivity index (χ3v) is 5.46. The van der Waals surface area contributed by atoms with E-state index in [-0.39, 0.29) is 18.5 Å². The van der Waals surface area contributed by atoms with Gasteiger partial charge in [0.1, 0.15) is 17.6 Å². The number of fused-ring (bicyclic) bond motifs is 5. The molecule has 1 amide bonds. The van der Waals surface area contributed by atoms with Crippen molar-refractivity contribution in [2.45, 2.75) is 26.0 Å². The number of hydrazine groups is 1. The van der Waals surface area contributed by atoms with Gasteiger partial charge in [0, 0.05) is 17.3 Å². The second-order valence-electron chi connectivity index (χ2n) is 8.42. The van der Waals surface area contributed by atoms with Gasteiger partial charge in [-0.1, -0.05) is 18.2 Å². The second kappa shape index (κ2) is 11.3. The number of aliphatic imine (C=N–C) groups is 1. The van der Waals surface area contributed by atoms with Crippen LogP contribution in [0.1, 0.15) is 31.0 Å². The number of rotatable bonds is 7. The van der Waals surface area contributed by atoms with Crippen LogP contribution in [-0.4, -0.2) is 36.6 Å². The van der Waals surface area contributed by atoms with Crippen molar-refractivity contribution in [1.82, 2.24) is 5.43 Å². The fraction of sp³-hybridized carbons (Fsp3) is 0.231. The Morgan fingerprint density at radius 1 is 1.16 bits per heavy atom. The maximum Gasteiger partial charge on any atom is 0.341 e. The number of para-hydroxylation sites is 2. The number of nitrogens with zero attached hydrogens (tertiary/aromatic N) is 2. The van der Waals surface area contributed by atoms with Gasteiger partial charge in [0.2, 0.25) is 0 Å². The molecule has 0 fully saturated rings. The molecule has 3 aromatic rings. The number of nitrogens with one attached hydrogen (secondary N) is 3. The minimum absolute atomic E-state index is 0.0285. The molecule has 0 saturated heterocycles. The SMILES string of the molecule is CO[N+](=O)c1ccccc1NNC(=O)C1Nc2ccc(cc2)/C(N)=N\COc2cc1ccc2OC(C)C. The summed E-state index contributed by atoms with van der Waals surface area (Å²) in [4.78, 5) is 34.9. The standard InChI is InChI=1S/C26H28N6O5/c1-16(2)37-22-13-10-18-14-23(22)36-15-28-25(27)17-8-11-19(12-9-17)29-24(18)26(33)31-30-20-6-4-5-7-21(20)32(34)35-3/h4-14,16,24H,15H2,1-3H3,(H4-,27,28,29,30,31,33,34)/p+1. The molecule has 37 heavy (non-hydrogen) atoms. The zero-order chi connectivity index (χ0) is 26.4. The van der Waals surface area contributed by atoms with Gasteiger partial charge >= 0.3 is 5.69 Å². The average Bonchev–Trinajstić information content (AvgIpc) is 2.92. The Morgan fingerprint density at radius 3 is 2.65 bits per heavy atom. The number of anilines is 2. The summed E-state index contributed by atoms with van der Waals surface area (Å²) in [5, 5.41) is 3.25. The highest BCUT2D eigenvalue weighted by molar-refractivity contribution is 5.97. The fourth-order valence-corrected chi connectivity index (χ4v) is 3.67. The summed E-state index contributed by atoms with van der Waals surface area (Å²) in [7, 11) is 1.26. The van der Waals surface area contributed by atoms with Gasteiger partial charge in [-0.25, -0.2) is 9.83 Å². The van der Waals surface area contributed by atoms with Gasteiger partial charge in [0.25, 0.3) is 10.8 Å². The van der Waals surface area contributed by atoms with Gasteiger partial charge in [-0.05, 0) is 61.9 Å². The lowest BCUT2D eigenvalue weighted by atomic mass is 10.0. The van der Waals surface area contributed by atoms with E-state index in [1.54, 1.807) is 54.6 Å². The minimum atomic E-state index is -0.842. The first-order chi connectivity index (χ1) is 17.9. The highest BCUT2D eigenvalue weighted by Gasteiger charge is 2.25. The van der Waals surface area contributed by atoms with Crippen LogP contribution in [0.3, 0.4) is 0 Å². The average molecular weight is 506 g/mol. The Bertz CT molecular complexity index is 1310. The van der Waals surface area contributed by atoms with Gasteiger partial charge in [-0.2, -0.15) is 0 Å². The van der Waals surface area contributed by atoms with E-state index in [1.165, 1.54) is 7.11 Å². The molecular weight excluding hydrogens is 476 g/mol. The lowest BCUT2D eigenvalue weighted by Gasteiger charge is -2.22. The van der Waals surface area contributed by atoms with Crippen molar-refractivity contribution < 1.29 is 24.0 Å². The molecule has 3 aromatic carbocycles. The van der Waals surface area contributed by atoms with Gasteiger partial charge < -0.3 is 20.5 Å². The molecule has 0 spiro atoms. The van der Waals surface area contributed by atoms with Crippen LogP contribution >= 0.6 is 0 Å². The fourth-order valence-electron chi connectivity index (χ4n) is 3.67. The van der Waals surface area contributed by atoms with Crippen molar-refractivity contribution in [3.8, 4) is 11.5 Å². The number of carbonyl (C=O) groups excluding carboxylic acids is 1. The number of hydrogen-bond donors (Lipinski definition) is 4. The van der Waals surface area contributed by atoms with E-state index < -0.39 is 11.9 Å².